The lowest BCUT2D eigenvalue weighted by atomic mass is 10.0. The minimum absolute atomic E-state index is 0.0268. The number of rotatable bonds is 6. The highest BCUT2D eigenvalue weighted by Crippen LogP contribution is 2.37. The molecular formula is C30H32F3N5O2. The van der Waals surface area contributed by atoms with Crippen LogP contribution in [0, 0.1) is 6.92 Å². The monoisotopic (exact) mass is 551 g/mol. The van der Waals surface area contributed by atoms with Gasteiger partial charge in [-0.05, 0) is 31.4 Å². The van der Waals surface area contributed by atoms with Crippen molar-refractivity contribution in [1.29, 1.82) is 0 Å². The first-order valence-corrected chi connectivity index (χ1v) is 13.4. The van der Waals surface area contributed by atoms with E-state index in [2.05, 4.69) is 15.0 Å². The molecule has 7 nitrogen and oxygen atoms in total. The zero-order chi connectivity index (χ0) is 28.6. The molecule has 0 unspecified atom stereocenters. The van der Waals surface area contributed by atoms with Gasteiger partial charge in [-0.15, -0.1) is 0 Å². The first-order chi connectivity index (χ1) is 19.1. The lowest BCUT2D eigenvalue weighted by molar-refractivity contribution is -0.143. The van der Waals surface area contributed by atoms with Crippen molar-refractivity contribution in [1.82, 2.24) is 24.4 Å². The Morgan fingerprint density at radius 2 is 1.80 bits per heavy atom. The van der Waals surface area contributed by atoms with E-state index in [4.69, 9.17) is 0 Å². The Labute approximate surface area is 230 Å². The van der Waals surface area contributed by atoms with Gasteiger partial charge in [-0.25, -0.2) is 9.50 Å². The molecule has 1 amide bonds. The smallest absolute Gasteiger partial charge is 0.394 e. The number of alkyl halides is 3. The van der Waals surface area contributed by atoms with Crippen molar-refractivity contribution >= 4 is 11.6 Å². The number of amides is 1. The molecule has 2 atom stereocenters. The summed E-state index contributed by atoms with van der Waals surface area (Å²) < 4.78 is 43.6. The van der Waals surface area contributed by atoms with Crippen LogP contribution in [-0.4, -0.2) is 67.7 Å². The van der Waals surface area contributed by atoms with Crippen molar-refractivity contribution in [3.8, 4) is 11.3 Å². The third-order valence-electron chi connectivity index (χ3n) is 7.74. The molecule has 4 aromatic rings. The van der Waals surface area contributed by atoms with Crippen LogP contribution in [-0.2, 0) is 12.6 Å². The minimum atomic E-state index is -4.70. The van der Waals surface area contributed by atoms with Gasteiger partial charge in [0.25, 0.3) is 5.91 Å². The number of halogens is 3. The quantitative estimate of drug-likeness (QED) is 0.358. The number of aliphatic hydroxyl groups excluding tert-OH is 1. The lowest BCUT2D eigenvalue weighted by Gasteiger charge is -2.43. The van der Waals surface area contributed by atoms with Crippen LogP contribution in [0.2, 0.25) is 0 Å². The standard InChI is InChI=1S/C30H32F3N5O2/c1-4-21-10-12-23(13-11-21)26-20(3)27(30(31,32)33)38-28(35-26)24(16-34-38)29(40)37-15-14-36(17-19(37)2)25(18-39)22-8-6-5-7-9-22/h5-13,16,19,25,39H,4,14-15,17-18H2,1-3H3/t19-,25+/m1/s1. The molecule has 1 aliphatic heterocycles. The summed E-state index contributed by atoms with van der Waals surface area (Å²) in [5, 5.41) is 14.1. The number of nitrogens with zero attached hydrogens (tertiary/aromatic N) is 5. The van der Waals surface area contributed by atoms with Crippen LogP contribution < -0.4 is 0 Å². The summed E-state index contributed by atoms with van der Waals surface area (Å²) in [5.74, 6) is -0.417. The summed E-state index contributed by atoms with van der Waals surface area (Å²) in [6.07, 6.45) is -2.72. The SMILES string of the molecule is CCc1ccc(-c2nc3c(C(=O)N4CCN([C@@H](CO)c5ccccc5)C[C@H]4C)cnn3c(C(F)(F)F)c2C)cc1. The third-order valence-corrected chi connectivity index (χ3v) is 7.74. The Hall–Kier alpha value is -3.76. The van der Waals surface area contributed by atoms with Gasteiger partial charge in [-0.2, -0.15) is 18.3 Å². The average molecular weight is 552 g/mol. The Kier molecular flexibility index (Phi) is 7.65. The number of carbonyl (C=O) groups is 1. The van der Waals surface area contributed by atoms with Crippen molar-refractivity contribution in [2.45, 2.75) is 45.5 Å². The summed E-state index contributed by atoms with van der Waals surface area (Å²) in [7, 11) is 0. The van der Waals surface area contributed by atoms with Gasteiger partial charge in [-0.1, -0.05) is 61.5 Å². The number of benzene rings is 2. The molecule has 10 heteroatoms. The van der Waals surface area contributed by atoms with E-state index in [0.29, 0.717) is 25.2 Å². The fourth-order valence-electron chi connectivity index (χ4n) is 5.57. The first kappa shape index (κ1) is 27.8. The van der Waals surface area contributed by atoms with Gasteiger partial charge in [0, 0.05) is 36.8 Å². The fraction of sp³-hybridized carbons (Fsp3) is 0.367. The van der Waals surface area contributed by atoms with Crippen molar-refractivity contribution in [2.24, 2.45) is 0 Å². The zero-order valence-electron chi connectivity index (χ0n) is 22.7. The topological polar surface area (TPSA) is 74.0 Å². The van der Waals surface area contributed by atoms with Crippen molar-refractivity contribution in [2.75, 3.05) is 26.2 Å². The predicted molar refractivity (Wildman–Crippen MR) is 146 cm³/mol. The molecule has 0 radical (unpaired) electrons. The van der Waals surface area contributed by atoms with Gasteiger partial charge >= 0.3 is 6.18 Å². The number of fused-ring (bicyclic) bond motifs is 1. The van der Waals surface area contributed by atoms with E-state index in [9.17, 15) is 23.1 Å². The molecule has 0 bridgehead atoms. The third kappa shape index (κ3) is 5.09. The summed E-state index contributed by atoms with van der Waals surface area (Å²) >= 11 is 0. The van der Waals surface area contributed by atoms with Gasteiger partial charge in [0.2, 0.25) is 0 Å². The number of aryl methyl sites for hydroxylation is 1. The lowest BCUT2D eigenvalue weighted by Crippen LogP contribution is -2.55. The summed E-state index contributed by atoms with van der Waals surface area (Å²) in [6.45, 7) is 6.57. The second kappa shape index (κ2) is 11.0. The van der Waals surface area contributed by atoms with Gasteiger partial charge < -0.3 is 10.0 Å². The highest BCUT2D eigenvalue weighted by atomic mass is 19.4. The molecule has 3 heterocycles. The molecule has 1 saturated heterocycles. The van der Waals surface area contributed by atoms with E-state index in [1.54, 1.807) is 17.0 Å². The molecule has 2 aromatic carbocycles. The molecule has 1 N–H and O–H groups in total. The maximum absolute atomic E-state index is 14.3. The van der Waals surface area contributed by atoms with Crippen molar-refractivity contribution < 1.29 is 23.1 Å². The second-order valence-corrected chi connectivity index (χ2v) is 10.2. The minimum Gasteiger partial charge on any atom is -0.394 e. The molecule has 0 spiro atoms. The average Bonchev–Trinajstić information content (AvgIpc) is 3.36. The number of piperazine rings is 1. The van der Waals surface area contributed by atoms with E-state index in [1.165, 1.54) is 13.1 Å². The molecule has 0 saturated carbocycles. The van der Waals surface area contributed by atoms with Crippen molar-refractivity contribution in [3.05, 3.63) is 88.7 Å². The summed E-state index contributed by atoms with van der Waals surface area (Å²) in [5.41, 5.74) is 1.66. The number of carbonyl (C=O) groups excluding carboxylic acids is 1. The molecular weight excluding hydrogens is 519 g/mol. The first-order valence-electron chi connectivity index (χ1n) is 13.4. The van der Waals surface area contributed by atoms with Crippen molar-refractivity contribution in [3.63, 3.8) is 0 Å². The molecule has 5 rings (SSSR count). The molecule has 1 aliphatic rings. The van der Waals surface area contributed by atoms with Crippen LogP contribution in [0.3, 0.4) is 0 Å². The molecule has 40 heavy (non-hydrogen) atoms. The maximum atomic E-state index is 14.3. The van der Waals surface area contributed by atoms with Gasteiger partial charge in [0.1, 0.15) is 5.56 Å². The molecule has 210 valence electrons. The van der Waals surface area contributed by atoms with E-state index in [0.717, 1.165) is 22.1 Å². The van der Waals surface area contributed by atoms with E-state index in [-0.39, 0.29) is 41.2 Å². The highest BCUT2D eigenvalue weighted by Gasteiger charge is 2.39. The number of aliphatic hydroxyl groups is 1. The number of hydrogen-bond acceptors (Lipinski definition) is 5. The summed E-state index contributed by atoms with van der Waals surface area (Å²) in [4.78, 5) is 22.1. The number of hydrogen-bond donors (Lipinski definition) is 1. The van der Waals surface area contributed by atoms with E-state index >= 15 is 0 Å². The normalized spacial score (nSPS) is 17.4. The Morgan fingerprint density at radius 1 is 1.10 bits per heavy atom. The number of aromatic nitrogens is 3. The Morgan fingerprint density at radius 3 is 2.40 bits per heavy atom. The molecule has 1 fully saturated rings. The van der Waals surface area contributed by atoms with Gasteiger partial charge in [0.15, 0.2) is 11.3 Å². The van der Waals surface area contributed by atoms with Crippen LogP contribution in [0.5, 0.6) is 0 Å². The van der Waals surface area contributed by atoms with Crippen LogP contribution in [0.25, 0.3) is 16.9 Å². The Balaban J connectivity index is 1.49. The van der Waals surface area contributed by atoms with Crippen LogP contribution >= 0.6 is 0 Å². The van der Waals surface area contributed by atoms with Gasteiger partial charge in [0.05, 0.1) is 24.5 Å². The largest absolute Gasteiger partial charge is 0.433 e. The highest BCUT2D eigenvalue weighted by molar-refractivity contribution is 6.00. The predicted octanol–water partition coefficient (Wildman–Crippen LogP) is 5.17. The van der Waals surface area contributed by atoms with Crippen LogP contribution in [0.15, 0.2) is 60.8 Å². The fourth-order valence-corrected chi connectivity index (χ4v) is 5.57. The van der Waals surface area contributed by atoms with E-state index < -0.39 is 17.8 Å². The van der Waals surface area contributed by atoms with Crippen LogP contribution in [0.1, 0.15) is 52.6 Å². The second-order valence-electron chi connectivity index (χ2n) is 10.2. The molecule has 2 aromatic heterocycles. The zero-order valence-corrected chi connectivity index (χ0v) is 22.7. The molecule has 0 aliphatic carbocycles. The van der Waals surface area contributed by atoms with Crippen LogP contribution in [0.4, 0.5) is 13.2 Å². The van der Waals surface area contributed by atoms with E-state index in [1.807, 2.05) is 56.3 Å². The van der Waals surface area contributed by atoms with Gasteiger partial charge in [-0.3, -0.25) is 9.69 Å². The maximum Gasteiger partial charge on any atom is 0.433 e. The summed E-state index contributed by atoms with van der Waals surface area (Å²) in [6, 6.07) is 16.5. The Bertz CT molecular complexity index is 1500.